The van der Waals surface area contributed by atoms with E-state index in [0.29, 0.717) is 0 Å². The van der Waals surface area contributed by atoms with Crippen LogP contribution in [0.25, 0.3) is 0 Å². The molecule has 0 aliphatic carbocycles. The fraction of sp³-hybridized carbons (Fsp3) is 0.833. The van der Waals surface area contributed by atoms with Crippen molar-refractivity contribution in [3.63, 3.8) is 0 Å². The van der Waals surface area contributed by atoms with Crippen LogP contribution in [-0.2, 0) is 4.74 Å². The molecule has 0 spiro atoms. The van der Waals surface area contributed by atoms with E-state index in [1.54, 1.807) is 6.92 Å². The summed E-state index contributed by atoms with van der Waals surface area (Å²) in [5, 5.41) is 0. The number of nitrogens with zero attached hydrogens (tertiary/aromatic N) is 1. The quantitative estimate of drug-likeness (QED) is 0.608. The summed E-state index contributed by atoms with van der Waals surface area (Å²) in [5.41, 5.74) is 5.04. The van der Waals surface area contributed by atoms with E-state index in [-0.39, 0.29) is 12.4 Å². The Balaban J connectivity index is 2.68. The molecule has 1 rings (SSSR count). The lowest BCUT2D eigenvalue weighted by Crippen LogP contribution is -2.41. The van der Waals surface area contributed by atoms with Gasteiger partial charge >= 0.3 is 6.18 Å². The fourth-order valence-electron chi connectivity index (χ4n) is 1.00. The maximum Gasteiger partial charge on any atom is 0.425 e. The third-order valence-electron chi connectivity index (χ3n) is 1.53. The summed E-state index contributed by atoms with van der Waals surface area (Å²) in [6.45, 7) is 1.56. The van der Waals surface area contributed by atoms with Crippen LogP contribution in [0.3, 0.4) is 0 Å². The summed E-state index contributed by atoms with van der Waals surface area (Å²) in [6.07, 6.45) is -6.32. The van der Waals surface area contributed by atoms with Crippen molar-refractivity contribution in [1.29, 1.82) is 0 Å². The Hall–Kier alpha value is -0.940. The molecule has 2 N–H and O–H groups in total. The molecule has 3 nitrogen and oxygen atoms in total. The molecule has 2 atom stereocenters. The molecule has 1 aliphatic rings. The SMILES string of the molecule is C[C@H]1C[C@H](C(F)(F)F)OC(N)=N1. The molecule has 12 heavy (non-hydrogen) atoms. The van der Waals surface area contributed by atoms with Crippen molar-refractivity contribution in [2.24, 2.45) is 10.7 Å². The Kier molecular flexibility index (Phi) is 2.16. The molecule has 0 aromatic carbocycles. The summed E-state index contributed by atoms with van der Waals surface area (Å²) in [5.74, 6) is 0. The smallest absolute Gasteiger partial charge is 0.425 e. The van der Waals surface area contributed by atoms with Gasteiger partial charge in [-0.25, -0.2) is 4.99 Å². The highest BCUT2D eigenvalue weighted by atomic mass is 19.4. The molecule has 0 saturated heterocycles. The first-order valence-corrected chi connectivity index (χ1v) is 3.46. The summed E-state index contributed by atoms with van der Waals surface area (Å²) >= 11 is 0. The van der Waals surface area contributed by atoms with E-state index >= 15 is 0 Å². The Morgan fingerprint density at radius 1 is 1.58 bits per heavy atom. The number of nitrogens with two attached hydrogens (primary N) is 1. The predicted octanol–water partition coefficient (Wildman–Crippen LogP) is 1.04. The molecule has 0 aromatic heterocycles. The molecule has 0 bridgehead atoms. The average Bonchev–Trinajstić information content (AvgIpc) is 1.82. The maximum atomic E-state index is 12.1. The normalized spacial score (nSPS) is 30.8. The first kappa shape index (κ1) is 9.15. The first-order valence-electron chi connectivity index (χ1n) is 3.46. The van der Waals surface area contributed by atoms with Crippen molar-refractivity contribution < 1.29 is 17.9 Å². The second-order valence-electron chi connectivity index (χ2n) is 2.70. The fourth-order valence-corrected chi connectivity index (χ4v) is 1.00. The van der Waals surface area contributed by atoms with Gasteiger partial charge in [-0.3, -0.25) is 0 Å². The monoisotopic (exact) mass is 182 g/mol. The van der Waals surface area contributed by atoms with E-state index in [1.165, 1.54) is 0 Å². The zero-order chi connectivity index (χ0) is 9.35. The number of amidine groups is 1. The molecular weight excluding hydrogens is 173 g/mol. The number of aliphatic imine (C=N–C) groups is 1. The van der Waals surface area contributed by atoms with Gasteiger partial charge in [-0.1, -0.05) is 0 Å². The summed E-state index contributed by atoms with van der Waals surface area (Å²) in [7, 11) is 0. The van der Waals surface area contributed by atoms with Crippen LogP contribution in [0.5, 0.6) is 0 Å². The first-order chi connectivity index (χ1) is 5.39. The van der Waals surface area contributed by atoms with E-state index in [9.17, 15) is 13.2 Å². The van der Waals surface area contributed by atoms with Gasteiger partial charge < -0.3 is 10.5 Å². The lowest BCUT2D eigenvalue weighted by atomic mass is 10.1. The van der Waals surface area contributed by atoms with Gasteiger partial charge in [0.1, 0.15) is 0 Å². The van der Waals surface area contributed by atoms with Gasteiger partial charge in [0.25, 0.3) is 6.02 Å². The summed E-state index contributed by atoms with van der Waals surface area (Å²) in [4.78, 5) is 3.62. The van der Waals surface area contributed by atoms with Crippen LogP contribution >= 0.6 is 0 Å². The highest BCUT2D eigenvalue weighted by Gasteiger charge is 2.44. The van der Waals surface area contributed by atoms with Gasteiger partial charge in [-0.15, -0.1) is 0 Å². The van der Waals surface area contributed by atoms with Crippen molar-refractivity contribution in [2.45, 2.75) is 31.7 Å². The molecule has 1 heterocycles. The van der Waals surface area contributed by atoms with E-state index in [4.69, 9.17) is 5.73 Å². The van der Waals surface area contributed by atoms with E-state index in [0.717, 1.165) is 0 Å². The summed E-state index contributed by atoms with van der Waals surface area (Å²) in [6, 6.07) is -0.804. The van der Waals surface area contributed by atoms with Gasteiger partial charge in [0.2, 0.25) is 0 Å². The molecule has 0 unspecified atom stereocenters. The van der Waals surface area contributed by atoms with Crippen molar-refractivity contribution in [3.8, 4) is 0 Å². The lowest BCUT2D eigenvalue weighted by Gasteiger charge is -2.26. The molecule has 0 fully saturated rings. The average molecular weight is 182 g/mol. The zero-order valence-corrected chi connectivity index (χ0v) is 6.43. The van der Waals surface area contributed by atoms with Crippen molar-refractivity contribution >= 4 is 6.02 Å². The number of ether oxygens (including phenoxy) is 1. The third kappa shape index (κ3) is 2.02. The van der Waals surface area contributed by atoms with Gasteiger partial charge in [0.15, 0.2) is 6.10 Å². The number of alkyl halides is 3. The van der Waals surface area contributed by atoms with Gasteiger partial charge in [-0.05, 0) is 6.92 Å². The van der Waals surface area contributed by atoms with Crippen LogP contribution in [0.1, 0.15) is 13.3 Å². The second kappa shape index (κ2) is 2.84. The van der Waals surface area contributed by atoms with Gasteiger partial charge in [0.05, 0.1) is 6.04 Å². The maximum absolute atomic E-state index is 12.1. The van der Waals surface area contributed by atoms with E-state index in [2.05, 4.69) is 9.73 Å². The minimum absolute atomic E-state index is 0.163. The highest BCUT2D eigenvalue weighted by molar-refractivity contribution is 5.72. The zero-order valence-electron chi connectivity index (χ0n) is 6.43. The lowest BCUT2D eigenvalue weighted by molar-refractivity contribution is -0.204. The van der Waals surface area contributed by atoms with Crippen LogP contribution in [0.2, 0.25) is 0 Å². The summed E-state index contributed by atoms with van der Waals surface area (Å²) < 4.78 is 40.5. The minimum atomic E-state index is -4.35. The van der Waals surface area contributed by atoms with E-state index < -0.39 is 18.3 Å². The number of hydrogen-bond donors (Lipinski definition) is 1. The van der Waals surface area contributed by atoms with Crippen LogP contribution in [-0.4, -0.2) is 24.3 Å². The molecule has 70 valence electrons. The molecule has 0 radical (unpaired) electrons. The number of hydrogen-bond acceptors (Lipinski definition) is 3. The number of halogens is 3. The largest absolute Gasteiger partial charge is 0.452 e. The van der Waals surface area contributed by atoms with Gasteiger partial charge in [-0.2, -0.15) is 13.2 Å². The Morgan fingerprint density at radius 2 is 2.17 bits per heavy atom. The van der Waals surface area contributed by atoms with Crippen molar-refractivity contribution in [2.75, 3.05) is 0 Å². The van der Waals surface area contributed by atoms with Crippen molar-refractivity contribution in [3.05, 3.63) is 0 Å². The Bertz CT molecular complexity index is 201. The highest BCUT2D eigenvalue weighted by Crippen LogP contribution is 2.28. The minimum Gasteiger partial charge on any atom is -0.452 e. The molecule has 0 saturated carbocycles. The molecule has 0 amide bonds. The Morgan fingerprint density at radius 3 is 2.58 bits per heavy atom. The number of rotatable bonds is 0. The molecular formula is C6H9F3N2O. The predicted molar refractivity (Wildman–Crippen MR) is 36.6 cm³/mol. The van der Waals surface area contributed by atoms with E-state index in [1.807, 2.05) is 0 Å². The van der Waals surface area contributed by atoms with Crippen LogP contribution in [0.15, 0.2) is 4.99 Å². The molecule has 0 aromatic rings. The third-order valence-corrected chi connectivity index (χ3v) is 1.53. The van der Waals surface area contributed by atoms with Gasteiger partial charge in [0, 0.05) is 6.42 Å². The van der Waals surface area contributed by atoms with Crippen LogP contribution in [0.4, 0.5) is 13.2 Å². The standard InChI is InChI=1S/C6H9F3N2O/c1-3-2-4(6(7,8)9)12-5(10)11-3/h3-4H,2H2,1H3,(H2,10,11)/t3-,4+/m0/s1. The second-order valence-corrected chi connectivity index (χ2v) is 2.70. The van der Waals surface area contributed by atoms with Crippen molar-refractivity contribution in [1.82, 2.24) is 0 Å². The molecule has 1 aliphatic heterocycles. The van der Waals surface area contributed by atoms with Crippen LogP contribution < -0.4 is 5.73 Å². The Labute approximate surface area is 67.4 Å². The molecule has 6 heteroatoms. The van der Waals surface area contributed by atoms with Crippen LogP contribution in [0, 0.1) is 0 Å². The topological polar surface area (TPSA) is 47.6 Å².